The van der Waals surface area contributed by atoms with E-state index < -0.39 is 10.8 Å². The first-order valence-electron chi connectivity index (χ1n) is 7.01. The van der Waals surface area contributed by atoms with Crippen LogP contribution in [-0.2, 0) is 0 Å². The molecule has 22 heavy (non-hydrogen) atoms. The van der Waals surface area contributed by atoms with Crippen molar-refractivity contribution in [1.82, 2.24) is 14.5 Å². The van der Waals surface area contributed by atoms with E-state index in [0.29, 0.717) is 13.1 Å². The Labute approximate surface area is 126 Å². The molecule has 8 nitrogen and oxygen atoms in total. The highest BCUT2D eigenvalue weighted by Gasteiger charge is 2.31. The molecule has 0 aliphatic carbocycles. The summed E-state index contributed by atoms with van der Waals surface area (Å²) in [5.74, 6) is 0.197. The van der Waals surface area contributed by atoms with Crippen LogP contribution in [-0.4, -0.2) is 38.4 Å². The highest BCUT2D eigenvalue weighted by molar-refractivity contribution is 5.92. The molecule has 0 aromatic carbocycles. The highest BCUT2D eigenvalue weighted by atomic mass is 16.6. The minimum atomic E-state index is -0.651. The fraction of sp³-hybridized carbons (Fsp3) is 0.429. The minimum absolute atomic E-state index is 0.00595. The second-order valence-corrected chi connectivity index (χ2v) is 5.41. The van der Waals surface area contributed by atoms with E-state index in [0.717, 1.165) is 17.9 Å². The van der Waals surface area contributed by atoms with Crippen molar-refractivity contribution in [2.45, 2.75) is 26.3 Å². The van der Waals surface area contributed by atoms with Crippen LogP contribution in [0.25, 0.3) is 0 Å². The second kappa shape index (κ2) is 5.28. The lowest BCUT2D eigenvalue weighted by molar-refractivity contribution is -0.402. The van der Waals surface area contributed by atoms with Gasteiger partial charge < -0.3 is 13.9 Å². The third-order valence-corrected chi connectivity index (χ3v) is 3.97. The van der Waals surface area contributed by atoms with Gasteiger partial charge in [0.2, 0.25) is 0 Å². The maximum Gasteiger partial charge on any atom is 0.433 e. The topological polar surface area (TPSA) is 94.4 Å². The molecule has 0 bridgehead atoms. The lowest BCUT2D eigenvalue weighted by Crippen LogP contribution is -2.29. The van der Waals surface area contributed by atoms with Crippen molar-refractivity contribution < 1.29 is 14.1 Å². The molecule has 1 unspecified atom stereocenters. The molecule has 116 valence electrons. The Balaban J connectivity index is 1.74. The van der Waals surface area contributed by atoms with Crippen LogP contribution in [0.2, 0.25) is 0 Å². The first kappa shape index (κ1) is 14.3. The Kier molecular flexibility index (Phi) is 3.44. The number of nitro groups is 1. The highest BCUT2D eigenvalue weighted by Crippen LogP contribution is 2.27. The molecule has 0 N–H and O–H groups in total. The standard InChI is InChI=1S/C14H16N4O4/c1-9-7-15-10(2)17(9)11-5-6-16(8-11)14(19)12-3-4-13(22-12)18(20)21/h3-4,7,11H,5-6,8H2,1-2H3. The van der Waals surface area contributed by atoms with Crippen LogP contribution in [0.5, 0.6) is 0 Å². The number of carbonyl (C=O) groups excluding carboxylic acids is 1. The Bertz CT molecular complexity index is 714. The van der Waals surface area contributed by atoms with Crippen molar-refractivity contribution in [1.29, 1.82) is 0 Å². The molecule has 2 aromatic rings. The van der Waals surface area contributed by atoms with E-state index in [1.165, 1.54) is 12.1 Å². The minimum Gasteiger partial charge on any atom is -0.395 e. The lowest BCUT2D eigenvalue weighted by Gasteiger charge is -2.18. The third-order valence-electron chi connectivity index (χ3n) is 3.97. The molecule has 3 heterocycles. The maximum absolute atomic E-state index is 12.4. The van der Waals surface area contributed by atoms with Gasteiger partial charge in [-0.05, 0) is 26.3 Å². The monoisotopic (exact) mass is 304 g/mol. The molecule has 1 atom stereocenters. The van der Waals surface area contributed by atoms with Gasteiger partial charge in [0.25, 0.3) is 5.91 Å². The van der Waals surface area contributed by atoms with E-state index in [2.05, 4.69) is 9.55 Å². The molecular weight excluding hydrogens is 288 g/mol. The van der Waals surface area contributed by atoms with Crippen molar-refractivity contribution in [2.75, 3.05) is 13.1 Å². The molecule has 1 amide bonds. The number of hydrogen-bond donors (Lipinski definition) is 0. The van der Waals surface area contributed by atoms with Gasteiger partial charge in [0.1, 0.15) is 10.7 Å². The number of furan rings is 1. The first-order chi connectivity index (χ1) is 10.5. The lowest BCUT2D eigenvalue weighted by atomic mass is 10.2. The fourth-order valence-corrected chi connectivity index (χ4v) is 2.95. The molecule has 8 heteroatoms. The normalized spacial score (nSPS) is 17.9. The number of imidazole rings is 1. The van der Waals surface area contributed by atoms with Crippen LogP contribution >= 0.6 is 0 Å². The molecule has 2 aromatic heterocycles. The molecule has 0 radical (unpaired) electrons. The van der Waals surface area contributed by atoms with E-state index >= 15 is 0 Å². The summed E-state index contributed by atoms with van der Waals surface area (Å²) in [6.07, 6.45) is 2.64. The van der Waals surface area contributed by atoms with Gasteiger partial charge in [0, 0.05) is 25.0 Å². The van der Waals surface area contributed by atoms with Crippen molar-refractivity contribution in [3.8, 4) is 0 Å². The van der Waals surface area contributed by atoms with E-state index in [1.54, 1.807) is 4.90 Å². The van der Waals surface area contributed by atoms with Gasteiger partial charge >= 0.3 is 5.88 Å². The average molecular weight is 304 g/mol. The Morgan fingerprint density at radius 1 is 1.45 bits per heavy atom. The average Bonchev–Trinajstić information content (AvgIpc) is 3.18. The van der Waals surface area contributed by atoms with Crippen molar-refractivity contribution >= 4 is 11.8 Å². The second-order valence-electron chi connectivity index (χ2n) is 5.41. The summed E-state index contributed by atoms with van der Waals surface area (Å²) in [6, 6.07) is 2.73. The van der Waals surface area contributed by atoms with Gasteiger partial charge in [-0.2, -0.15) is 0 Å². The number of aryl methyl sites for hydroxylation is 2. The molecule has 0 saturated carbocycles. The van der Waals surface area contributed by atoms with Gasteiger partial charge in [-0.1, -0.05) is 0 Å². The smallest absolute Gasteiger partial charge is 0.395 e. The number of hydrogen-bond acceptors (Lipinski definition) is 5. The predicted octanol–water partition coefficient (Wildman–Crippen LogP) is 2.09. The van der Waals surface area contributed by atoms with Crippen LogP contribution in [0.3, 0.4) is 0 Å². The molecule has 3 rings (SSSR count). The first-order valence-corrected chi connectivity index (χ1v) is 7.01. The van der Waals surface area contributed by atoms with Crippen molar-refractivity contribution in [3.63, 3.8) is 0 Å². The van der Waals surface area contributed by atoms with Gasteiger partial charge in [-0.15, -0.1) is 0 Å². The van der Waals surface area contributed by atoms with E-state index in [-0.39, 0.29) is 17.7 Å². The number of aromatic nitrogens is 2. The zero-order valence-corrected chi connectivity index (χ0v) is 12.4. The molecule has 1 saturated heterocycles. The quantitative estimate of drug-likeness (QED) is 0.639. The predicted molar refractivity (Wildman–Crippen MR) is 76.6 cm³/mol. The van der Waals surface area contributed by atoms with E-state index in [9.17, 15) is 14.9 Å². The van der Waals surface area contributed by atoms with E-state index in [1.807, 2.05) is 20.0 Å². The van der Waals surface area contributed by atoms with Crippen LogP contribution in [0.4, 0.5) is 5.88 Å². The molecule has 1 aliphatic heterocycles. The Hall–Kier alpha value is -2.64. The van der Waals surface area contributed by atoms with Crippen LogP contribution in [0, 0.1) is 24.0 Å². The van der Waals surface area contributed by atoms with Crippen LogP contribution in [0.1, 0.15) is 34.5 Å². The van der Waals surface area contributed by atoms with Crippen LogP contribution in [0.15, 0.2) is 22.7 Å². The summed E-state index contributed by atoms with van der Waals surface area (Å²) in [7, 11) is 0. The molecular formula is C14H16N4O4. The Morgan fingerprint density at radius 2 is 2.23 bits per heavy atom. The molecule has 1 aliphatic rings. The summed E-state index contributed by atoms with van der Waals surface area (Å²) >= 11 is 0. The number of amides is 1. The zero-order chi connectivity index (χ0) is 15.9. The largest absolute Gasteiger partial charge is 0.433 e. The van der Waals surface area contributed by atoms with Gasteiger partial charge in [0.15, 0.2) is 5.76 Å². The molecule has 0 spiro atoms. The van der Waals surface area contributed by atoms with Gasteiger partial charge in [-0.25, -0.2) is 4.98 Å². The summed E-state index contributed by atoms with van der Waals surface area (Å²) < 4.78 is 7.11. The summed E-state index contributed by atoms with van der Waals surface area (Å²) in [4.78, 5) is 28.3. The van der Waals surface area contributed by atoms with Gasteiger partial charge in [-0.3, -0.25) is 14.9 Å². The maximum atomic E-state index is 12.4. The van der Waals surface area contributed by atoms with E-state index in [4.69, 9.17) is 4.42 Å². The van der Waals surface area contributed by atoms with Crippen LogP contribution < -0.4 is 0 Å². The number of rotatable bonds is 3. The third kappa shape index (κ3) is 2.36. The van der Waals surface area contributed by atoms with Gasteiger partial charge in [0.05, 0.1) is 12.1 Å². The Morgan fingerprint density at radius 3 is 2.82 bits per heavy atom. The summed E-state index contributed by atoms with van der Waals surface area (Å²) in [5.41, 5.74) is 1.06. The number of nitrogens with zero attached hydrogens (tertiary/aromatic N) is 4. The number of carbonyl (C=O) groups is 1. The van der Waals surface area contributed by atoms with Crippen molar-refractivity contribution in [3.05, 3.63) is 45.7 Å². The number of likely N-dealkylation sites (tertiary alicyclic amines) is 1. The zero-order valence-electron chi connectivity index (χ0n) is 12.4. The SMILES string of the molecule is Cc1cnc(C)n1C1CCN(C(=O)c2ccc([N+](=O)[O-])o2)C1. The summed E-state index contributed by atoms with van der Waals surface area (Å²) in [6.45, 7) is 5.06. The van der Waals surface area contributed by atoms with Crippen molar-refractivity contribution in [2.24, 2.45) is 0 Å². The molecule has 1 fully saturated rings. The summed E-state index contributed by atoms with van der Waals surface area (Å²) in [5, 5.41) is 10.6. The fourth-order valence-electron chi connectivity index (χ4n) is 2.95.